The summed E-state index contributed by atoms with van der Waals surface area (Å²) in [6.07, 6.45) is 7.67. The molecular weight excluding hydrogens is 328 g/mol. The van der Waals surface area contributed by atoms with E-state index < -0.39 is 12.1 Å². The van der Waals surface area contributed by atoms with Gasteiger partial charge in [-0.1, -0.05) is 38.0 Å². The van der Waals surface area contributed by atoms with Crippen LogP contribution in [-0.2, 0) is 9.59 Å². The number of fused-ring (bicyclic) bond motifs is 5. The zero-order valence-corrected chi connectivity index (χ0v) is 16.0. The summed E-state index contributed by atoms with van der Waals surface area (Å²) in [5.41, 5.74) is 2.58. The number of Topliss-reactive ketones (excluding diaryl/α,β-unsaturated/α-hetero) is 1. The van der Waals surface area contributed by atoms with Crippen molar-refractivity contribution in [3.63, 3.8) is 0 Å². The van der Waals surface area contributed by atoms with Crippen LogP contribution in [0.25, 0.3) is 0 Å². The number of hydrogen-bond acceptors (Lipinski definition) is 4. The second kappa shape index (κ2) is 5.87. The molecule has 26 heavy (non-hydrogen) atoms. The molecule has 142 valence electrons. The molecule has 0 aliphatic heterocycles. The molecule has 4 aliphatic rings. The Kier molecular flexibility index (Phi) is 4.09. The maximum Gasteiger partial charge on any atom is 0.213 e. The Balaban J connectivity index is 1.73. The summed E-state index contributed by atoms with van der Waals surface area (Å²) in [4.78, 5) is 24.4. The highest BCUT2D eigenvalue weighted by molar-refractivity contribution is 5.92. The van der Waals surface area contributed by atoms with Crippen molar-refractivity contribution < 1.29 is 19.8 Å². The summed E-state index contributed by atoms with van der Waals surface area (Å²) in [7, 11) is 0. The molecule has 0 bridgehead atoms. The molecule has 0 spiro atoms. The Morgan fingerprint density at radius 2 is 2.00 bits per heavy atom. The molecule has 0 saturated heterocycles. The number of aliphatic hydroxyl groups excluding tert-OH is 1. The molecule has 2 fully saturated rings. The number of allylic oxidation sites excluding steroid dienone is 4. The van der Waals surface area contributed by atoms with Gasteiger partial charge in [-0.3, -0.25) is 9.59 Å². The van der Waals surface area contributed by atoms with E-state index in [1.807, 2.05) is 6.08 Å². The van der Waals surface area contributed by atoms with Crippen molar-refractivity contribution in [3.05, 3.63) is 23.3 Å². The molecule has 2 saturated carbocycles. The molecule has 0 radical (unpaired) electrons. The van der Waals surface area contributed by atoms with Crippen LogP contribution in [0.3, 0.4) is 0 Å². The summed E-state index contributed by atoms with van der Waals surface area (Å²) in [5.74, 6) is 0.577. The van der Waals surface area contributed by atoms with Crippen molar-refractivity contribution in [2.45, 2.75) is 65.6 Å². The average molecular weight is 358 g/mol. The van der Waals surface area contributed by atoms with Gasteiger partial charge < -0.3 is 10.2 Å². The topological polar surface area (TPSA) is 74.6 Å². The van der Waals surface area contributed by atoms with Crippen LogP contribution in [0.1, 0.15) is 59.3 Å². The predicted octanol–water partition coefficient (Wildman–Crippen LogP) is 3.18. The van der Waals surface area contributed by atoms with Gasteiger partial charge in [0.25, 0.3) is 0 Å². The fourth-order valence-corrected chi connectivity index (χ4v) is 6.99. The highest BCUT2D eigenvalue weighted by atomic mass is 16.5. The molecule has 0 aromatic rings. The van der Waals surface area contributed by atoms with Crippen LogP contribution >= 0.6 is 0 Å². The van der Waals surface area contributed by atoms with Crippen LogP contribution < -0.4 is 0 Å². The lowest BCUT2D eigenvalue weighted by Gasteiger charge is -2.53. The van der Waals surface area contributed by atoms with Crippen molar-refractivity contribution >= 4 is 11.6 Å². The molecule has 4 heteroatoms. The smallest absolute Gasteiger partial charge is 0.213 e. The fourth-order valence-electron chi connectivity index (χ4n) is 6.99. The van der Waals surface area contributed by atoms with E-state index in [1.54, 1.807) is 0 Å². The summed E-state index contributed by atoms with van der Waals surface area (Å²) < 4.78 is 0. The lowest BCUT2D eigenvalue weighted by molar-refractivity contribution is -0.155. The number of aliphatic hydroxyl groups is 2. The molecule has 0 amide bonds. The minimum Gasteiger partial charge on any atom is -0.362 e. The quantitative estimate of drug-likeness (QED) is 0.587. The van der Waals surface area contributed by atoms with Crippen molar-refractivity contribution in [2.24, 2.45) is 34.5 Å². The van der Waals surface area contributed by atoms with Crippen LogP contribution in [0, 0.1) is 34.5 Å². The molecule has 2 N–H and O–H groups in total. The molecule has 6 atom stereocenters. The minimum atomic E-state index is -1.87. The third-order valence-electron chi connectivity index (χ3n) is 8.24. The van der Waals surface area contributed by atoms with Crippen molar-refractivity contribution in [2.75, 3.05) is 0 Å². The van der Waals surface area contributed by atoms with E-state index in [0.717, 1.165) is 32.1 Å². The standard InChI is InChI=1S/C22H30O4/c1-12-10-17-15-5-4-13-11-14(23)6-8-21(13,2)16(15)7-9-22(17,3)18(12)19(24)20(25)26/h7,11-12,15,17-18,20,25-26H,4-6,8-10H2,1-3H3/t12?,15-,17+,18-,21+,22+/m1/s1. The molecule has 0 heterocycles. The maximum atomic E-state index is 12.5. The molecule has 4 nitrogen and oxygen atoms in total. The Morgan fingerprint density at radius 3 is 2.69 bits per heavy atom. The van der Waals surface area contributed by atoms with Gasteiger partial charge in [-0.25, -0.2) is 0 Å². The Bertz CT molecular complexity index is 718. The first-order valence-corrected chi connectivity index (χ1v) is 10.0. The molecule has 4 rings (SSSR count). The Hall–Kier alpha value is -1.26. The van der Waals surface area contributed by atoms with Gasteiger partial charge in [0.05, 0.1) is 0 Å². The first-order valence-electron chi connectivity index (χ1n) is 10.0. The number of carbonyl (C=O) groups is 2. The van der Waals surface area contributed by atoms with Gasteiger partial charge in [0.15, 0.2) is 11.6 Å². The first kappa shape index (κ1) is 18.1. The molecular formula is C22H30O4. The van der Waals surface area contributed by atoms with Crippen molar-refractivity contribution in [3.8, 4) is 0 Å². The highest BCUT2D eigenvalue weighted by Gasteiger charge is 2.60. The number of ketones is 2. The first-order chi connectivity index (χ1) is 12.2. The summed E-state index contributed by atoms with van der Waals surface area (Å²) in [6.45, 7) is 6.56. The van der Waals surface area contributed by atoms with Gasteiger partial charge in [-0.15, -0.1) is 0 Å². The van der Waals surface area contributed by atoms with Gasteiger partial charge in [-0.05, 0) is 61.3 Å². The van der Waals surface area contributed by atoms with Crippen LogP contribution in [0.4, 0.5) is 0 Å². The SMILES string of the molecule is CC1C[C@H]2[C@@H]3CCC4=CC(=O)CC[C@]4(C)C3=CC[C@]2(C)[C@H]1C(=O)C(O)O. The van der Waals surface area contributed by atoms with E-state index in [0.29, 0.717) is 18.3 Å². The molecule has 0 aromatic heterocycles. The second-order valence-electron chi connectivity index (χ2n) is 9.56. The Labute approximate surface area is 155 Å². The van der Waals surface area contributed by atoms with Crippen molar-refractivity contribution in [1.29, 1.82) is 0 Å². The number of carbonyl (C=O) groups excluding carboxylic acids is 2. The van der Waals surface area contributed by atoms with E-state index >= 15 is 0 Å². The van der Waals surface area contributed by atoms with Crippen LogP contribution in [-0.4, -0.2) is 28.1 Å². The number of rotatable bonds is 2. The van der Waals surface area contributed by atoms with Gasteiger partial charge in [0.1, 0.15) is 0 Å². The zero-order valence-electron chi connectivity index (χ0n) is 16.0. The number of hydrogen-bond donors (Lipinski definition) is 2. The lowest BCUT2D eigenvalue weighted by Crippen LogP contribution is -2.47. The van der Waals surface area contributed by atoms with E-state index in [4.69, 9.17) is 0 Å². The summed E-state index contributed by atoms with van der Waals surface area (Å²) in [5, 5.41) is 19.0. The second-order valence-corrected chi connectivity index (χ2v) is 9.56. The zero-order chi connectivity index (χ0) is 18.9. The van der Waals surface area contributed by atoms with Crippen LogP contribution in [0.2, 0.25) is 0 Å². The third kappa shape index (κ3) is 2.34. The van der Waals surface area contributed by atoms with E-state index in [9.17, 15) is 19.8 Å². The average Bonchev–Trinajstić information content (AvgIpc) is 2.85. The lowest BCUT2D eigenvalue weighted by atomic mass is 9.51. The normalized spacial score (nSPS) is 44.8. The van der Waals surface area contributed by atoms with Gasteiger partial charge in [-0.2, -0.15) is 0 Å². The minimum absolute atomic E-state index is 0.0000171. The predicted molar refractivity (Wildman–Crippen MR) is 98.0 cm³/mol. The van der Waals surface area contributed by atoms with Crippen LogP contribution in [0.15, 0.2) is 23.3 Å². The summed E-state index contributed by atoms with van der Waals surface area (Å²) in [6, 6.07) is 0. The fraction of sp³-hybridized carbons (Fsp3) is 0.727. The van der Waals surface area contributed by atoms with Gasteiger partial charge >= 0.3 is 0 Å². The highest BCUT2D eigenvalue weighted by Crippen LogP contribution is 2.65. The molecule has 1 unspecified atom stereocenters. The summed E-state index contributed by atoms with van der Waals surface area (Å²) >= 11 is 0. The molecule has 0 aromatic carbocycles. The van der Waals surface area contributed by atoms with Gasteiger partial charge in [0, 0.05) is 17.8 Å². The van der Waals surface area contributed by atoms with Gasteiger partial charge in [0.2, 0.25) is 6.29 Å². The van der Waals surface area contributed by atoms with E-state index in [1.165, 1.54) is 11.1 Å². The van der Waals surface area contributed by atoms with Crippen LogP contribution in [0.5, 0.6) is 0 Å². The largest absolute Gasteiger partial charge is 0.362 e. The maximum absolute atomic E-state index is 12.5. The van der Waals surface area contributed by atoms with E-state index in [-0.39, 0.29) is 28.4 Å². The monoisotopic (exact) mass is 358 g/mol. The van der Waals surface area contributed by atoms with Crippen molar-refractivity contribution in [1.82, 2.24) is 0 Å². The van der Waals surface area contributed by atoms with E-state index in [2.05, 4.69) is 26.8 Å². The third-order valence-corrected chi connectivity index (χ3v) is 8.24. The Morgan fingerprint density at radius 1 is 1.27 bits per heavy atom. The molecule has 4 aliphatic carbocycles.